The third kappa shape index (κ3) is 4.96. The fourth-order valence-electron chi connectivity index (χ4n) is 1.99. The van der Waals surface area contributed by atoms with Gasteiger partial charge in [-0.25, -0.2) is 14.4 Å². The second kappa shape index (κ2) is 8.31. The van der Waals surface area contributed by atoms with Crippen LogP contribution in [0.5, 0.6) is 0 Å². The lowest BCUT2D eigenvalue weighted by molar-refractivity contribution is -0.141. The Morgan fingerprint density at radius 2 is 2.08 bits per heavy atom. The molecule has 1 aromatic carbocycles. The van der Waals surface area contributed by atoms with Gasteiger partial charge in [0.15, 0.2) is 5.78 Å². The molecular weight excluding hydrogens is 335 g/mol. The third-order valence-corrected chi connectivity index (χ3v) is 3.25. The number of benzene rings is 1. The summed E-state index contributed by atoms with van der Waals surface area (Å²) >= 11 is 5.66. The smallest absolute Gasteiger partial charge is 0.310 e. The standard InChI is InChI=1S/C17H14ClFN2O3/c1-2-7-24-16(23)9-11-3-4-14(19)13(8-11)15(22)10-12-5-6-20-17(18)21-12/h2-6,8H,1,7,9-10H2. The zero-order valence-corrected chi connectivity index (χ0v) is 13.4. The van der Waals surface area contributed by atoms with E-state index in [1.165, 1.54) is 30.5 Å². The van der Waals surface area contributed by atoms with Crippen LogP contribution in [0, 0.1) is 5.82 Å². The second-order valence-electron chi connectivity index (χ2n) is 4.88. The highest BCUT2D eigenvalue weighted by Crippen LogP contribution is 2.15. The van der Waals surface area contributed by atoms with Crippen molar-refractivity contribution in [2.45, 2.75) is 12.8 Å². The van der Waals surface area contributed by atoms with Gasteiger partial charge in [0.25, 0.3) is 0 Å². The van der Waals surface area contributed by atoms with E-state index in [2.05, 4.69) is 16.5 Å². The molecule has 2 rings (SSSR count). The van der Waals surface area contributed by atoms with Crippen LogP contribution in [0.3, 0.4) is 0 Å². The van der Waals surface area contributed by atoms with E-state index in [0.29, 0.717) is 11.3 Å². The van der Waals surface area contributed by atoms with E-state index in [1.54, 1.807) is 0 Å². The van der Waals surface area contributed by atoms with E-state index in [4.69, 9.17) is 16.3 Å². The maximum absolute atomic E-state index is 13.9. The second-order valence-corrected chi connectivity index (χ2v) is 5.22. The Morgan fingerprint density at radius 3 is 2.79 bits per heavy atom. The van der Waals surface area contributed by atoms with Crippen molar-refractivity contribution in [2.24, 2.45) is 0 Å². The zero-order chi connectivity index (χ0) is 17.5. The summed E-state index contributed by atoms with van der Waals surface area (Å²) in [6, 6.07) is 5.45. The van der Waals surface area contributed by atoms with Crippen LogP contribution in [0.15, 0.2) is 43.1 Å². The maximum Gasteiger partial charge on any atom is 0.310 e. The monoisotopic (exact) mass is 348 g/mol. The van der Waals surface area contributed by atoms with Crippen molar-refractivity contribution in [2.75, 3.05) is 6.61 Å². The van der Waals surface area contributed by atoms with Crippen LogP contribution >= 0.6 is 11.6 Å². The fourth-order valence-corrected chi connectivity index (χ4v) is 2.16. The number of ether oxygens (including phenoxy) is 1. The Hall–Kier alpha value is -2.60. The largest absolute Gasteiger partial charge is 0.461 e. The first-order valence-electron chi connectivity index (χ1n) is 7.05. The molecule has 0 unspecified atom stereocenters. The summed E-state index contributed by atoms with van der Waals surface area (Å²) < 4.78 is 18.8. The van der Waals surface area contributed by atoms with E-state index in [-0.39, 0.29) is 30.3 Å². The highest BCUT2D eigenvalue weighted by atomic mass is 35.5. The molecule has 124 valence electrons. The average Bonchev–Trinajstić information content (AvgIpc) is 2.54. The highest BCUT2D eigenvalue weighted by Gasteiger charge is 2.15. The minimum Gasteiger partial charge on any atom is -0.461 e. The van der Waals surface area contributed by atoms with Gasteiger partial charge in [0, 0.05) is 6.20 Å². The summed E-state index contributed by atoms with van der Waals surface area (Å²) in [5.41, 5.74) is 0.753. The lowest BCUT2D eigenvalue weighted by atomic mass is 10.0. The first-order valence-corrected chi connectivity index (χ1v) is 7.43. The number of hydrogen-bond donors (Lipinski definition) is 0. The van der Waals surface area contributed by atoms with Crippen LogP contribution in [0.1, 0.15) is 21.6 Å². The van der Waals surface area contributed by atoms with Gasteiger partial charge in [0.05, 0.1) is 24.1 Å². The molecule has 1 heterocycles. The van der Waals surface area contributed by atoms with Crippen molar-refractivity contribution >= 4 is 23.4 Å². The minimum absolute atomic E-state index is 0.0134. The van der Waals surface area contributed by atoms with Crippen LogP contribution in [0.2, 0.25) is 5.28 Å². The molecule has 0 bridgehead atoms. The number of carbonyl (C=O) groups excluding carboxylic acids is 2. The third-order valence-electron chi connectivity index (χ3n) is 3.07. The van der Waals surface area contributed by atoms with Crippen molar-refractivity contribution in [3.05, 3.63) is 71.0 Å². The van der Waals surface area contributed by atoms with E-state index in [0.717, 1.165) is 6.07 Å². The summed E-state index contributed by atoms with van der Waals surface area (Å²) in [4.78, 5) is 31.5. The Labute approximate surface area is 143 Å². The van der Waals surface area contributed by atoms with Crippen molar-refractivity contribution in [3.63, 3.8) is 0 Å². The summed E-state index contributed by atoms with van der Waals surface area (Å²) in [6.45, 7) is 3.54. The molecule has 0 fully saturated rings. The molecule has 0 atom stereocenters. The van der Waals surface area contributed by atoms with Gasteiger partial charge in [0.2, 0.25) is 5.28 Å². The molecule has 0 aliphatic rings. The summed E-state index contributed by atoms with van der Waals surface area (Å²) in [5.74, 6) is -1.62. The first kappa shape index (κ1) is 17.7. The number of Topliss-reactive ketones (excluding diaryl/α,β-unsaturated/α-hetero) is 1. The molecule has 0 N–H and O–H groups in total. The SMILES string of the molecule is C=CCOC(=O)Cc1ccc(F)c(C(=O)Cc2ccnc(Cl)n2)c1. The number of nitrogens with zero attached hydrogens (tertiary/aromatic N) is 2. The number of hydrogen-bond acceptors (Lipinski definition) is 5. The fraction of sp³-hybridized carbons (Fsp3) is 0.176. The summed E-state index contributed by atoms with van der Waals surface area (Å²) in [6.07, 6.45) is 2.68. The molecular formula is C17H14ClFN2O3. The molecule has 24 heavy (non-hydrogen) atoms. The predicted molar refractivity (Wildman–Crippen MR) is 86.3 cm³/mol. The highest BCUT2D eigenvalue weighted by molar-refractivity contribution is 6.28. The molecule has 7 heteroatoms. The lowest BCUT2D eigenvalue weighted by Gasteiger charge is -2.07. The molecule has 0 aliphatic heterocycles. The van der Waals surface area contributed by atoms with Crippen molar-refractivity contribution in [1.82, 2.24) is 9.97 Å². The number of halogens is 2. The number of carbonyl (C=O) groups is 2. The van der Waals surface area contributed by atoms with Crippen LogP contribution in [0.25, 0.3) is 0 Å². The van der Waals surface area contributed by atoms with Gasteiger partial charge in [-0.3, -0.25) is 9.59 Å². The Kier molecular flexibility index (Phi) is 6.14. The molecule has 1 aromatic heterocycles. The number of esters is 1. The number of ketones is 1. The molecule has 0 saturated heterocycles. The Balaban J connectivity index is 2.14. The van der Waals surface area contributed by atoms with E-state index in [9.17, 15) is 14.0 Å². The van der Waals surface area contributed by atoms with Crippen molar-refractivity contribution in [1.29, 1.82) is 0 Å². The first-order chi connectivity index (χ1) is 11.5. The van der Waals surface area contributed by atoms with Gasteiger partial charge in [-0.15, -0.1) is 0 Å². The van der Waals surface area contributed by atoms with Crippen molar-refractivity contribution < 1.29 is 18.7 Å². The minimum atomic E-state index is -0.664. The molecule has 5 nitrogen and oxygen atoms in total. The Bertz CT molecular complexity index is 780. The molecule has 0 amide bonds. The van der Waals surface area contributed by atoms with E-state index >= 15 is 0 Å². The zero-order valence-electron chi connectivity index (χ0n) is 12.7. The van der Waals surface area contributed by atoms with Gasteiger partial charge in [-0.05, 0) is 35.4 Å². The number of rotatable bonds is 7. The van der Waals surface area contributed by atoms with Gasteiger partial charge < -0.3 is 4.74 Å². The molecule has 0 radical (unpaired) electrons. The molecule has 0 spiro atoms. The van der Waals surface area contributed by atoms with Gasteiger partial charge in [-0.2, -0.15) is 0 Å². The quantitative estimate of drug-likeness (QED) is 0.333. The van der Waals surface area contributed by atoms with Crippen LogP contribution in [-0.2, 0) is 22.4 Å². The topological polar surface area (TPSA) is 69.2 Å². The number of aromatic nitrogens is 2. The van der Waals surface area contributed by atoms with E-state index < -0.39 is 17.6 Å². The van der Waals surface area contributed by atoms with Crippen LogP contribution in [0.4, 0.5) is 4.39 Å². The average molecular weight is 349 g/mol. The van der Waals surface area contributed by atoms with Gasteiger partial charge in [0.1, 0.15) is 12.4 Å². The van der Waals surface area contributed by atoms with Crippen LogP contribution < -0.4 is 0 Å². The summed E-state index contributed by atoms with van der Waals surface area (Å²) in [7, 11) is 0. The summed E-state index contributed by atoms with van der Waals surface area (Å²) in [5, 5.41) is 0.0134. The maximum atomic E-state index is 13.9. The van der Waals surface area contributed by atoms with Gasteiger partial charge in [-0.1, -0.05) is 18.7 Å². The lowest BCUT2D eigenvalue weighted by Crippen LogP contribution is -2.11. The molecule has 0 saturated carbocycles. The van der Waals surface area contributed by atoms with Gasteiger partial charge >= 0.3 is 5.97 Å². The van der Waals surface area contributed by atoms with E-state index in [1.807, 2.05) is 0 Å². The predicted octanol–water partition coefficient (Wildman–Crippen LogP) is 2.97. The van der Waals surface area contributed by atoms with Crippen molar-refractivity contribution in [3.8, 4) is 0 Å². The van der Waals surface area contributed by atoms with Crippen LogP contribution in [-0.4, -0.2) is 28.3 Å². The Morgan fingerprint density at radius 1 is 1.29 bits per heavy atom. The molecule has 2 aromatic rings. The molecule has 0 aliphatic carbocycles. The normalized spacial score (nSPS) is 10.2.